The summed E-state index contributed by atoms with van der Waals surface area (Å²) in [6.07, 6.45) is 14.6. The summed E-state index contributed by atoms with van der Waals surface area (Å²) in [6, 6.07) is 0.565. The van der Waals surface area contributed by atoms with Gasteiger partial charge in [0.2, 0.25) is 0 Å². The average molecular weight is 293 g/mol. The molecule has 0 bridgehead atoms. The SMILES string of the molecule is CCCNC(C1=CCCCC1)C1(N(C)C)CCCC(C)C1. The second-order valence-electron chi connectivity index (χ2n) is 7.61. The van der Waals surface area contributed by atoms with Crippen LogP contribution in [0.1, 0.15) is 71.6 Å². The minimum atomic E-state index is 0.329. The molecule has 0 aliphatic heterocycles. The van der Waals surface area contributed by atoms with Crippen LogP contribution in [0.25, 0.3) is 0 Å². The van der Waals surface area contributed by atoms with Crippen LogP contribution in [0.5, 0.6) is 0 Å². The van der Waals surface area contributed by atoms with E-state index < -0.39 is 0 Å². The first kappa shape index (κ1) is 17.0. The predicted molar refractivity (Wildman–Crippen MR) is 92.7 cm³/mol. The van der Waals surface area contributed by atoms with Crippen molar-refractivity contribution in [3.8, 4) is 0 Å². The lowest BCUT2D eigenvalue weighted by Crippen LogP contribution is -2.61. The Hall–Kier alpha value is -0.340. The fourth-order valence-corrected chi connectivity index (χ4v) is 4.57. The van der Waals surface area contributed by atoms with Gasteiger partial charge in [0.25, 0.3) is 0 Å². The van der Waals surface area contributed by atoms with Crippen molar-refractivity contribution in [1.82, 2.24) is 10.2 Å². The van der Waals surface area contributed by atoms with E-state index >= 15 is 0 Å². The molecule has 1 N–H and O–H groups in total. The van der Waals surface area contributed by atoms with E-state index in [0.717, 1.165) is 12.5 Å². The molecular weight excluding hydrogens is 256 g/mol. The van der Waals surface area contributed by atoms with Gasteiger partial charge in [-0.05, 0) is 71.5 Å². The summed E-state index contributed by atoms with van der Waals surface area (Å²) in [6.45, 7) is 5.88. The minimum absolute atomic E-state index is 0.329. The van der Waals surface area contributed by atoms with Crippen LogP contribution < -0.4 is 5.32 Å². The topological polar surface area (TPSA) is 15.3 Å². The van der Waals surface area contributed by atoms with Crippen molar-refractivity contribution in [3.05, 3.63) is 11.6 Å². The molecule has 2 rings (SSSR count). The predicted octanol–water partition coefficient (Wildman–Crippen LogP) is 4.37. The van der Waals surface area contributed by atoms with Crippen LogP contribution in [0.2, 0.25) is 0 Å². The van der Waals surface area contributed by atoms with Crippen LogP contribution in [0.3, 0.4) is 0 Å². The van der Waals surface area contributed by atoms with E-state index in [4.69, 9.17) is 0 Å². The zero-order valence-corrected chi connectivity index (χ0v) is 14.8. The largest absolute Gasteiger partial charge is 0.309 e. The van der Waals surface area contributed by atoms with E-state index in [1.165, 1.54) is 57.8 Å². The third-order valence-corrected chi connectivity index (χ3v) is 5.73. The number of likely N-dealkylation sites (N-methyl/N-ethyl adjacent to an activating group) is 1. The summed E-state index contributed by atoms with van der Waals surface area (Å²) in [5.74, 6) is 0.858. The molecule has 0 saturated heterocycles. The molecular formula is C19H36N2. The first-order chi connectivity index (χ1) is 10.1. The molecule has 1 fully saturated rings. The van der Waals surface area contributed by atoms with E-state index in [-0.39, 0.29) is 0 Å². The number of allylic oxidation sites excluding steroid dienone is 1. The van der Waals surface area contributed by atoms with E-state index in [9.17, 15) is 0 Å². The number of hydrogen-bond acceptors (Lipinski definition) is 2. The summed E-state index contributed by atoms with van der Waals surface area (Å²) >= 11 is 0. The van der Waals surface area contributed by atoms with Crippen molar-refractivity contribution < 1.29 is 0 Å². The third kappa shape index (κ3) is 3.90. The summed E-state index contributed by atoms with van der Waals surface area (Å²) in [4.78, 5) is 2.55. The maximum absolute atomic E-state index is 3.94. The van der Waals surface area contributed by atoms with Gasteiger partial charge in [-0.3, -0.25) is 0 Å². The molecule has 0 amide bonds. The molecule has 3 unspecified atom stereocenters. The van der Waals surface area contributed by atoms with Gasteiger partial charge in [0.1, 0.15) is 0 Å². The number of hydrogen-bond donors (Lipinski definition) is 1. The Morgan fingerprint density at radius 1 is 1.33 bits per heavy atom. The molecule has 122 valence electrons. The molecule has 0 aromatic carbocycles. The highest BCUT2D eigenvalue weighted by molar-refractivity contribution is 5.22. The van der Waals surface area contributed by atoms with Crippen molar-refractivity contribution in [1.29, 1.82) is 0 Å². The zero-order valence-electron chi connectivity index (χ0n) is 14.8. The van der Waals surface area contributed by atoms with Crippen molar-refractivity contribution >= 4 is 0 Å². The van der Waals surface area contributed by atoms with E-state index in [2.05, 4.69) is 44.2 Å². The molecule has 2 aliphatic carbocycles. The zero-order chi connectivity index (χ0) is 15.3. The van der Waals surface area contributed by atoms with Gasteiger partial charge in [0.05, 0.1) is 0 Å². The average Bonchev–Trinajstić information content (AvgIpc) is 2.48. The summed E-state index contributed by atoms with van der Waals surface area (Å²) in [5, 5.41) is 3.94. The van der Waals surface area contributed by atoms with Crippen LogP contribution in [0.4, 0.5) is 0 Å². The van der Waals surface area contributed by atoms with Gasteiger partial charge in [-0.2, -0.15) is 0 Å². The van der Waals surface area contributed by atoms with Crippen LogP contribution in [0.15, 0.2) is 11.6 Å². The Kier molecular flexibility index (Phi) is 6.31. The fraction of sp³-hybridized carbons (Fsp3) is 0.895. The standard InChI is InChI=1S/C19H36N2/c1-5-14-20-18(17-11-7-6-8-12-17)19(21(3)4)13-9-10-16(2)15-19/h11,16,18,20H,5-10,12-15H2,1-4H3. The van der Waals surface area contributed by atoms with E-state index in [1.54, 1.807) is 5.57 Å². The Balaban J connectivity index is 2.27. The normalized spacial score (nSPS) is 32.0. The Labute approximate surface area is 132 Å². The first-order valence-corrected chi connectivity index (χ1v) is 9.20. The van der Waals surface area contributed by atoms with Gasteiger partial charge in [0, 0.05) is 11.6 Å². The number of nitrogens with zero attached hydrogens (tertiary/aromatic N) is 1. The molecule has 2 nitrogen and oxygen atoms in total. The molecule has 2 aliphatic rings. The van der Waals surface area contributed by atoms with Gasteiger partial charge in [0.15, 0.2) is 0 Å². The van der Waals surface area contributed by atoms with E-state index in [0.29, 0.717) is 11.6 Å². The Morgan fingerprint density at radius 2 is 2.14 bits per heavy atom. The van der Waals surface area contributed by atoms with Crippen LogP contribution in [-0.2, 0) is 0 Å². The first-order valence-electron chi connectivity index (χ1n) is 9.20. The maximum Gasteiger partial charge on any atom is 0.0466 e. The third-order valence-electron chi connectivity index (χ3n) is 5.73. The molecule has 0 heterocycles. The van der Waals surface area contributed by atoms with Crippen molar-refractivity contribution in [2.24, 2.45) is 5.92 Å². The Morgan fingerprint density at radius 3 is 2.71 bits per heavy atom. The highest BCUT2D eigenvalue weighted by atomic mass is 15.2. The van der Waals surface area contributed by atoms with Gasteiger partial charge >= 0.3 is 0 Å². The molecule has 0 aromatic heterocycles. The lowest BCUT2D eigenvalue weighted by Gasteiger charge is -2.51. The van der Waals surface area contributed by atoms with Crippen molar-refractivity contribution in [3.63, 3.8) is 0 Å². The number of rotatable bonds is 6. The summed E-state index contributed by atoms with van der Waals surface area (Å²) in [7, 11) is 4.62. The van der Waals surface area contributed by atoms with Gasteiger partial charge in [-0.25, -0.2) is 0 Å². The highest BCUT2D eigenvalue weighted by Gasteiger charge is 2.44. The van der Waals surface area contributed by atoms with Crippen molar-refractivity contribution in [2.45, 2.75) is 83.2 Å². The molecule has 2 heteroatoms. The van der Waals surface area contributed by atoms with Gasteiger partial charge < -0.3 is 10.2 Å². The van der Waals surface area contributed by atoms with Crippen LogP contribution in [0, 0.1) is 5.92 Å². The fourth-order valence-electron chi connectivity index (χ4n) is 4.57. The minimum Gasteiger partial charge on any atom is -0.309 e. The molecule has 0 spiro atoms. The summed E-state index contributed by atoms with van der Waals surface area (Å²) < 4.78 is 0. The summed E-state index contributed by atoms with van der Waals surface area (Å²) in [5.41, 5.74) is 2.04. The molecule has 0 radical (unpaired) electrons. The van der Waals surface area contributed by atoms with Crippen molar-refractivity contribution in [2.75, 3.05) is 20.6 Å². The second-order valence-corrected chi connectivity index (χ2v) is 7.61. The molecule has 3 atom stereocenters. The molecule has 21 heavy (non-hydrogen) atoms. The Bertz CT molecular complexity index is 347. The second kappa shape index (κ2) is 7.78. The lowest BCUT2D eigenvalue weighted by atomic mass is 9.68. The number of nitrogens with one attached hydrogen (secondary N) is 1. The molecule has 0 aromatic rings. The van der Waals surface area contributed by atoms with Gasteiger partial charge in [-0.1, -0.05) is 38.3 Å². The van der Waals surface area contributed by atoms with Gasteiger partial charge in [-0.15, -0.1) is 0 Å². The lowest BCUT2D eigenvalue weighted by molar-refractivity contribution is 0.0475. The maximum atomic E-state index is 3.94. The smallest absolute Gasteiger partial charge is 0.0466 e. The monoisotopic (exact) mass is 292 g/mol. The van der Waals surface area contributed by atoms with Crippen LogP contribution in [-0.4, -0.2) is 37.1 Å². The molecule has 1 saturated carbocycles. The van der Waals surface area contributed by atoms with E-state index in [1.807, 2.05) is 0 Å². The van der Waals surface area contributed by atoms with Crippen LogP contribution >= 0.6 is 0 Å². The highest BCUT2D eigenvalue weighted by Crippen LogP contribution is 2.41. The quantitative estimate of drug-likeness (QED) is 0.732.